The van der Waals surface area contributed by atoms with E-state index in [1.165, 1.54) is 0 Å². The third kappa shape index (κ3) is 4.94. The molecule has 2 aromatic heterocycles. The number of amides is 1. The molecule has 3 atom stereocenters. The quantitative estimate of drug-likeness (QED) is 0.411. The zero-order chi connectivity index (χ0) is 24.6. The molecular weight excluding hydrogens is 465 g/mol. The van der Waals surface area contributed by atoms with Crippen LogP contribution >= 0.6 is 0 Å². The molecular formula is C19H23F3N6O4S. The number of unbranched alkanes of at least 4 members (excludes halogenated alkanes) is 2. The Kier molecular flexibility index (Phi) is 6.68. The number of carbonyl (C=O) groups excluding carboxylic acids is 1. The standard InChI is InChI=1S/C19H23F3N6O4S/c1-4-5-6-7-16(29)28(33(2,3)32)27-17(30)12-8-15(26-10-23-24-11-26)13(19(20,21)22)9-14(12)25-18(27)31/h8-11,13,15H,2,4-7H2,1,3H3,(H,25,31). The molecule has 0 spiro atoms. The van der Waals surface area contributed by atoms with Crippen LogP contribution < -0.4 is 26.2 Å². The van der Waals surface area contributed by atoms with Crippen LogP contribution in [0.3, 0.4) is 0 Å². The van der Waals surface area contributed by atoms with E-state index in [9.17, 15) is 31.8 Å². The smallest absolute Gasteiger partial charge is 0.312 e. The molecule has 0 saturated heterocycles. The maximum atomic E-state index is 13.7. The monoisotopic (exact) mass is 488 g/mol. The second kappa shape index (κ2) is 9.00. The molecule has 0 aliphatic heterocycles. The topological polar surface area (TPSA) is 123 Å². The second-order valence-electron chi connectivity index (χ2n) is 7.76. The van der Waals surface area contributed by atoms with Crippen molar-refractivity contribution < 1.29 is 22.2 Å². The van der Waals surface area contributed by atoms with Crippen molar-refractivity contribution in [1.82, 2.24) is 24.4 Å². The molecule has 180 valence electrons. The van der Waals surface area contributed by atoms with Crippen LogP contribution in [0.25, 0.3) is 12.2 Å². The van der Waals surface area contributed by atoms with E-state index in [1.807, 2.05) is 6.92 Å². The largest absolute Gasteiger partial charge is 0.397 e. The number of nitrogens with one attached hydrogen (secondary N) is 1. The van der Waals surface area contributed by atoms with E-state index in [0.29, 0.717) is 21.9 Å². The Morgan fingerprint density at radius 3 is 2.42 bits per heavy atom. The van der Waals surface area contributed by atoms with Crippen molar-refractivity contribution in [3.63, 3.8) is 0 Å². The van der Waals surface area contributed by atoms with Gasteiger partial charge in [0.15, 0.2) is 0 Å². The van der Waals surface area contributed by atoms with Gasteiger partial charge in [-0.25, -0.2) is 9.00 Å². The van der Waals surface area contributed by atoms with Crippen molar-refractivity contribution in [3.8, 4) is 0 Å². The Bertz CT molecular complexity index is 1380. The van der Waals surface area contributed by atoms with Gasteiger partial charge >= 0.3 is 11.9 Å². The van der Waals surface area contributed by atoms with Gasteiger partial charge in [-0.1, -0.05) is 19.8 Å². The number of hydrogen-bond acceptors (Lipinski definition) is 6. The van der Waals surface area contributed by atoms with Crippen molar-refractivity contribution >= 4 is 33.6 Å². The van der Waals surface area contributed by atoms with Crippen LogP contribution in [-0.2, 0) is 14.5 Å². The van der Waals surface area contributed by atoms with Crippen molar-refractivity contribution in [2.75, 3.05) is 10.7 Å². The summed E-state index contributed by atoms with van der Waals surface area (Å²) in [7, 11) is -3.42. The van der Waals surface area contributed by atoms with Gasteiger partial charge in [-0.2, -0.15) is 17.6 Å². The van der Waals surface area contributed by atoms with Gasteiger partial charge in [0, 0.05) is 12.7 Å². The number of nitrogens with zero attached hydrogens (tertiary/aromatic N) is 5. The van der Waals surface area contributed by atoms with E-state index >= 15 is 0 Å². The molecule has 0 bridgehead atoms. The first-order valence-corrected chi connectivity index (χ1v) is 12.1. The minimum Gasteiger partial charge on any atom is -0.312 e. The summed E-state index contributed by atoms with van der Waals surface area (Å²) in [6.07, 6.45) is 2.11. The van der Waals surface area contributed by atoms with E-state index in [0.717, 1.165) is 42.1 Å². The highest BCUT2D eigenvalue weighted by Gasteiger charge is 2.44. The van der Waals surface area contributed by atoms with Crippen molar-refractivity contribution in [2.24, 2.45) is 5.92 Å². The zero-order valence-corrected chi connectivity index (χ0v) is 18.7. The van der Waals surface area contributed by atoms with Gasteiger partial charge < -0.3 is 9.55 Å². The molecule has 0 aromatic carbocycles. The number of fused-ring (bicyclic) bond motifs is 1. The summed E-state index contributed by atoms with van der Waals surface area (Å²) in [6.45, 7) is 1.91. The number of carbonyl (C=O) groups is 1. The predicted molar refractivity (Wildman–Crippen MR) is 117 cm³/mol. The van der Waals surface area contributed by atoms with Crippen LogP contribution in [0.2, 0.25) is 0 Å². The Hall–Kier alpha value is -3.16. The summed E-state index contributed by atoms with van der Waals surface area (Å²) in [5, 5.41) is 6.39. The Morgan fingerprint density at radius 1 is 1.24 bits per heavy atom. The highest BCUT2D eigenvalue weighted by molar-refractivity contribution is 8.01. The number of aromatic nitrogens is 5. The molecule has 2 aromatic rings. The minimum atomic E-state index is -4.71. The summed E-state index contributed by atoms with van der Waals surface area (Å²) in [5.41, 5.74) is -2.29. The summed E-state index contributed by atoms with van der Waals surface area (Å²) in [4.78, 5) is 41.0. The molecule has 1 aliphatic carbocycles. The third-order valence-electron chi connectivity index (χ3n) is 5.11. The summed E-state index contributed by atoms with van der Waals surface area (Å²) in [6, 6.07) is -1.42. The van der Waals surface area contributed by atoms with E-state index in [1.54, 1.807) is 0 Å². The molecule has 33 heavy (non-hydrogen) atoms. The SMILES string of the molecule is C=S(C)(=O)N(C(=O)CCCCC)n1c(=O)[nH]c2c(c1=O)=CC(n1cnnc1)C(C(F)(F)F)C=2. The average Bonchev–Trinajstić information content (AvgIpc) is 3.23. The maximum absolute atomic E-state index is 13.7. The van der Waals surface area contributed by atoms with E-state index < -0.39 is 45.0 Å². The van der Waals surface area contributed by atoms with Crippen molar-refractivity contribution in [2.45, 2.75) is 44.8 Å². The summed E-state index contributed by atoms with van der Waals surface area (Å²) in [5.74, 6) is 0.580. The highest BCUT2D eigenvalue weighted by Crippen LogP contribution is 2.37. The van der Waals surface area contributed by atoms with Gasteiger partial charge in [0.2, 0.25) is 0 Å². The molecule has 1 aliphatic rings. The second-order valence-corrected chi connectivity index (χ2v) is 10.0. The van der Waals surface area contributed by atoms with E-state index in [-0.39, 0.29) is 17.0 Å². The normalized spacial score (nSPS) is 19.7. The van der Waals surface area contributed by atoms with Crippen molar-refractivity contribution in [1.29, 1.82) is 0 Å². The number of H-pyrrole nitrogens is 1. The van der Waals surface area contributed by atoms with Gasteiger partial charge in [0.05, 0.1) is 32.2 Å². The third-order valence-corrected chi connectivity index (χ3v) is 6.21. The number of halogens is 3. The van der Waals surface area contributed by atoms with Crippen LogP contribution in [-0.4, -0.2) is 52.8 Å². The highest BCUT2D eigenvalue weighted by atomic mass is 32.2. The minimum absolute atomic E-state index is 0.0908. The van der Waals surface area contributed by atoms with Crippen molar-refractivity contribution in [3.05, 3.63) is 44.1 Å². The lowest BCUT2D eigenvalue weighted by Crippen LogP contribution is -2.64. The van der Waals surface area contributed by atoms with E-state index in [2.05, 4.69) is 21.1 Å². The van der Waals surface area contributed by atoms with Gasteiger partial charge in [-0.3, -0.25) is 9.59 Å². The molecule has 14 heteroatoms. The van der Waals surface area contributed by atoms with Crippen LogP contribution in [0.5, 0.6) is 0 Å². The Morgan fingerprint density at radius 2 is 1.88 bits per heavy atom. The van der Waals surface area contributed by atoms with Gasteiger partial charge in [-0.05, 0) is 24.4 Å². The molecule has 2 heterocycles. The first-order chi connectivity index (χ1) is 15.4. The summed E-state index contributed by atoms with van der Waals surface area (Å²) < 4.78 is 55.8. The number of aromatic amines is 1. The predicted octanol–water partition coefficient (Wildman–Crippen LogP) is -0.571. The molecule has 3 rings (SSSR count). The fourth-order valence-corrected chi connectivity index (χ4v) is 4.63. The lowest BCUT2D eigenvalue weighted by molar-refractivity contribution is -0.162. The maximum Gasteiger partial charge on any atom is 0.397 e. The molecule has 3 unspecified atom stereocenters. The lowest BCUT2D eigenvalue weighted by atomic mass is 9.93. The molecule has 0 radical (unpaired) electrons. The fourth-order valence-electron chi connectivity index (χ4n) is 3.61. The molecule has 10 nitrogen and oxygen atoms in total. The molecule has 0 fully saturated rings. The Balaban J connectivity index is 2.26. The van der Waals surface area contributed by atoms with Gasteiger partial charge in [-0.15, -0.1) is 14.9 Å². The lowest BCUT2D eigenvalue weighted by Gasteiger charge is -2.28. The number of rotatable bonds is 7. The van der Waals surface area contributed by atoms with Crippen LogP contribution in [0, 0.1) is 5.92 Å². The zero-order valence-electron chi connectivity index (χ0n) is 17.9. The van der Waals surface area contributed by atoms with Crippen LogP contribution in [0.4, 0.5) is 13.2 Å². The fraction of sp³-hybridized carbons (Fsp3) is 0.474. The first-order valence-electron chi connectivity index (χ1n) is 10.0. The van der Waals surface area contributed by atoms with Gasteiger partial charge in [0.1, 0.15) is 12.7 Å². The van der Waals surface area contributed by atoms with Crippen LogP contribution in [0.1, 0.15) is 38.6 Å². The van der Waals surface area contributed by atoms with Crippen LogP contribution in [0.15, 0.2) is 22.2 Å². The number of alkyl halides is 3. The first kappa shape index (κ1) is 24.5. The Labute approximate surface area is 186 Å². The summed E-state index contributed by atoms with van der Waals surface area (Å²) >= 11 is 0. The van der Waals surface area contributed by atoms with E-state index in [4.69, 9.17) is 0 Å². The number of hydrogen-bond donors (Lipinski definition) is 1. The molecule has 1 amide bonds. The average molecular weight is 488 g/mol. The van der Waals surface area contributed by atoms with Gasteiger partial charge in [0.25, 0.3) is 11.5 Å². The molecule has 1 N–H and O–H groups in total. The molecule has 0 saturated carbocycles.